The third-order valence-corrected chi connectivity index (χ3v) is 2.06. The molecule has 0 rings (SSSR count). The van der Waals surface area contributed by atoms with E-state index in [1.807, 2.05) is 0 Å². The van der Waals surface area contributed by atoms with Crippen LogP contribution in [0.15, 0.2) is 0 Å². The van der Waals surface area contributed by atoms with E-state index in [1.165, 1.54) is 0 Å². The fourth-order valence-corrected chi connectivity index (χ4v) is 0.815. The molecule has 0 aromatic rings. The molecule has 0 aromatic carbocycles. The van der Waals surface area contributed by atoms with E-state index in [-0.39, 0.29) is 0 Å². The van der Waals surface area contributed by atoms with Crippen molar-refractivity contribution >= 4 is 0 Å². The zero-order chi connectivity index (χ0) is 10.3. The molecule has 0 amide bonds. The molecule has 3 N–H and O–H groups in total. The summed E-state index contributed by atoms with van der Waals surface area (Å²) in [6, 6.07) is 0. The summed E-state index contributed by atoms with van der Waals surface area (Å²) < 4.78 is 5.37. The molecule has 0 saturated carbocycles. The highest BCUT2D eigenvalue weighted by molar-refractivity contribution is 4.72. The molecule has 0 bridgehead atoms. The molecule has 13 heavy (non-hydrogen) atoms. The van der Waals surface area contributed by atoms with Crippen molar-refractivity contribution in [1.29, 1.82) is 0 Å². The predicted molar refractivity (Wildman–Crippen MR) is 54.6 cm³/mol. The standard InChI is InChI=1S/C10H23NO2/c1-9(2)4-6-13-7-5-10(3,12)8-11/h9,12H,4-8,11H2,1-3H3. The summed E-state index contributed by atoms with van der Waals surface area (Å²) in [5.41, 5.74) is 4.60. The molecule has 0 aliphatic heterocycles. The first-order chi connectivity index (χ1) is 5.98. The SMILES string of the molecule is CC(C)CCOCCC(C)(O)CN. The van der Waals surface area contributed by atoms with Gasteiger partial charge in [-0.25, -0.2) is 0 Å². The number of hydrogen-bond acceptors (Lipinski definition) is 3. The van der Waals surface area contributed by atoms with Crippen LogP contribution in [0.25, 0.3) is 0 Å². The number of hydrogen-bond donors (Lipinski definition) is 2. The Morgan fingerprint density at radius 3 is 2.46 bits per heavy atom. The van der Waals surface area contributed by atoms with Crippen LogP contribution in [0.2, 0.25) is 0 Å². The van der Waals surface area contributed by atoms with Gasteiger partial charge in [0.1, 0.15) is 0 Å². The number of nitrogens with two attached hydrogens (primary N) is 1. The Labute approximate surface area is 81.3 Å². The molecule has 0 radical (unpaired) electrons. The molecular formula is C10H23NO2. The average Bonchev–Trinajstić information content (AvgIpc) is 2.03. The molecular weight excluding hydrogens is 166 g/mol. The van der Waals surface area contributed by atoms with Crippen molar-refractivity contribution in [1.82, 2.24) is 0 Å². The minimum Gasteiger partial charge on any atom is -0.389 e. The summed E-state index contributed by atoms with van der Waals surface area (Å²) in [5.74, 6) is 0.676. The second kappa shape index (κ2) is 6.35. The van der Waals surface area contributed by atoms with E-state index >= 15 is 0 Å². The Kier molecular flexibility index (Phi) is 6.29. The van der Waals surface area contributed by atoms with Gasteiger partial charge in [0.05, 0.1) is 5.60 Å². The van der Waals surface area contributed by atoms with Gasteiger partial charge in [0.25, 0.3) is 0 Å². The van der Waals surface area contributed by atoms with Gasteiger partial charge in [0.2, 0.25) is 0 Å². The predicted octanol–water partition coefficient (Wildman–Crippen LogP) is 1.15. The van der Waals surface area contributed by atoms with Crippen LogP contribution in [0.5, 0.6) is 0 Å². The smallest absolute Gasteiger partial charge is 0.0763 e. The molecule has 80 valence electrons. The number of rotatable bonds is 7. The van der Waals surface area contributed by atoms with Crippen LogP contribution < -0.4 is 5.73 Å². The topological polar surface area (TPSA) is 55.5 Å². The number of aliphatic hydroxyl groups is 1. The van der Waals surface area contributed by atoms with Crippen molar-refractivity contribution in [3.63, 3.8) is 0 Å². The van der Waals surface area contributed by atoms with Crippen molar-refractivity contribution in [2.45, 2.75) is 39.2 Å². The van der Waals surface area contributed by atoms with Crippen LogP contribution in [-0.4, -0.2) is 30.5 Å². The first-order valence-corrected chi connectivity index (χ1v) is 4.98. The van der Waals surface area contributed by atoms with Crippen LogP contribution in [0.4, 0.5) is 0 Å². The van der Waals surface area contributed by atoms with Gasteiger partial charge in [-0.05, 0) is 19.3 Å². The summed E-state index contributed by atoms with van der Waals surface area (Å²) in [7, 11) is 0. The fraction of sp³-hybridized carbons (Fsp3) is 1.00. The lowest BCUT2D eigenvalue weighted by atomic mass is 10.0. The van der Waals surface area contributed by atoms with Crippen molar-refractivity contribution in [3.8, 4) is 0 Å². The van der Waals surface area contributed by atoms with E-state index in [9.17, 15) is 5.11 Å². The van der Waals surface area contributed by atoms with Gasteiger partial charge in [0.15, 0.2) is 0 Å². The molecule has 0 saturated heterocycles. The molecule has 3 heteroatoms. The Bertz CT molecular complexity index is 124. The first kappa shape index (κ1) is 12.9. The summed E-state index contributed by atoms with van der Waals surface area (Å²) in [6.45, 7) is 7.73. The highest BCUT2D eigenvalue weighted by Crippen LogP contribution is 2.07. The number of ether oxygens (including phenoxy) is 1. The molecule has 3 nitrogen and oxygen atoms in total. The first-order valence-electron chi connectivity index (χ1n) is 4.98. The van der Waals surface area contributed by atoms with Crippen molar-refractivity contribution < 1.29 is 9.84 Å². The van der Waals surface area contributed by atoms with Crippen LogP contribution >= 0.6 is 0 Å². The van der Waals surface area contributed by atoms with Crippen LogP contribution in [0.3, 0.4) is 0 Å². The van der Waals surface area contributed by atoms with E-state index in [0.717, 1.165) is 13.0 Å². The average molecular weight is 189 g/mol. The molecule has 1 unspecified atom stereocenters. The monoisotopic (exact) mass is 189 g/mol. The third kappa shape index (κ3) is 8.22. The van der Waals surface area contributed by atoms with E-state index in [2.05, 4.69) is 13.8 Å². The lowest BCUT2D eigenvalue weighted by Gasteiger charge is -2.20. The van der Waals surface area contributed by atoms with Crippen molar-refractivity contribution in [3.05, 3.63) is 0 Å². The van der Waals surface area contributed by atoms with E-state index in [0.29, 0.717) is 25.5 Å². The molecule has 0 aliphatic carbocycles. The second-order valence-electron chi connectivity index (χ2n) is 4.25. The molecule has 0 aliphatic rings. The van der Waals surface area contributed by atoms with Crippen molar-refractivity contribution in [2.24, 2.45) is 11.7 Å². The van der Waals surface area contributed by atoms with E-state index in [1.54, 1.807) is 6.92 Å². The summed E-state index contributed by atoms with van der Waals surface area (Å²) in [6.07, 6.45) is 1.69. The quantitative estimate of drug-likeness (QED) is 0.591. The van der Waals surface area contributed by atoms with Gasteiger partial charge in [-0.1, -0.05) is 13.8 Å². The maximum absolute atomic E-state index is 9.53. The van der Waals surface area contributed by atoms with Crippen LogP contribution in [-0.2, 0) is 4.74 Å². The van der Waals surface area contributed by atoms with Gasteiger partial charge in [-0.15, -0.1) is 0 Å². The summed E-state index contributed by atoms with van der Waals surface area (Å²) >= 11 is 0. The van der Waals surface area contributed by atoms with Crippen molar-refractivity contribution in [2.75, 3.05) is 19.8 Å². The van der Waals surface area contributed by atoms with Gasteiger partial charge in [0, 0.05) is 26.2 Å². The minimum atomic E-state index is -0.766. The van der Waals surface area contributed by atoms with Gasteiger partial charge < -0.3 is 15.6 Å². The van der Waals surface area contributed by atoms with Crippen LogP contribution in [0, 0.1) is 5.92 Å². The highest BCUT2D eigenvalue weighted by Gasteiger charge is 2.16. The van der Waals surface area contributed by atoms with E-state index < -0.39 is 5.60 Å². The summed E-state index contributed by atoms with van der Waals surface area (Å²) in [5, 5.41) is 9.53. The maximum Gasteiger partial charge on any atom is 0.0763 e. The van der Waals surface area contributed by atoms with Crippen LogP contribution in [0.1, 0.15) is 33.6 Å². The van der Waals surface area contributed by atoms with Gasteiger partial charge in [-0.3, -0.25) is 0 Å². The molecule has 1 atom stereocenters. The fourth-order valence-electron chi connectivity index (χ4n) is 0.815. The third-order valence-electron chi connectivity index (χ3n) is 2.06. The second-order valence-corrected chi connectivity index (χ2v) is 4.25. The Hall–Kier alpha value is -0.120. The minimum absolute atomic E-state index is 0.292. The lowest BCUT2D eigenvalue weighted by molar-refractivity contribution is 0.0191. The largest absolute Gasteiger partial charge is 0.389 e. The normalized spacial score (nSPS) is 16.2. The molecule has 0 fully saturated rings. The zero-order valence-corrected chi connectivity index (χ0v) is 9.05. The van der Waals surface area contributed by atoms with E-state index in [4.69, 9.17) is 10.5 Å². The zero-order valence-electron chi connectivity index (χ0n) is 9.05. The Morgan fingerprint density at radius 2 is 2.00 bits per heavy atom. The Balaban J connectivity index is 3.26. The maximum atomic E-state index is 9.53. The van der Waals surface area contributed by atoms with Gasteiger partial charge >= 0.3 is 0 Å². The molecule has 0 aromatic heterocycles. The molecule has 0 spiro atoms. The molecule has 0 heterocycles. The van der Waals surface area contributed by atoms with Gasteiger partial charge in [-0.2, -0.15) is 0 Å². The Morgan fingerprint density at radius 1 is 1.38 bits per heavy atom. The highest BCUT2D eigenvalue weighted by atomic mass is 16.5. The lowest BCUT2D eigenvalue weighted by Crippen LogP contribution is -2.35. The summed E-state index contributed by atoms with van der Waals surface area (Å²) in [4.78, 5) is 0.